The number of benzene rings is 2. The Morgan fingerprint density at radius 2 is 1.85 bits per heavy atom. The summed E-state index contributed by atoms with van der Waals surface area (Å²) in [6, 6.07) is 12.7. The maximum absolute atomic E-state index is 12.4. The van der Waals surface area contributed by atoms with E-state index in [1.54, 1.807) is 18.2 Å². The van der Waals surface area contributed by atoms with E-state index >= 15 is 0 Å². The number of hydrogen-bond acceptors (Lipinski definition) is 5. The average Bonchev–Trinajstić information content (AvgIpc) is 2.65. The molecule has 0 unspecified atom stereocenters. The van der Waals surface area contributed by atoms with E-state index in [1.807, 2.05) is 38.1 Å². The molecule has 26 heavy (non-hydrogen) atoms. The smallest absolute Gasteiger partial charge is 0.267 e. The number of rotatable bonds is 6. The van der Waals surface area contributed by atoms with Crippen molar-refractivity contribution in [3.8, 4) is 17.6 Å². The lowest BCUT2D eigenvalue weighted by molar-refractivity contribution is -0.112. The number of nitriles is 1. The van der Waals surface area contributed by atoms with Gasteiger partial charge < -0.3 is 20.1 Å². The fraction of sp³-hybridized carbons (Fsp3) is 0.200. The maximum atomic E-state index is 12.4. The summed E-state index contributed by atoms with van der Waals surface area (Å²) in [6.45, 7) is 3.97. The minimum absolute atomic E-state index is 0.0410. The fourth-order valence-electron chi connectivity index (χ4n) is 2.32. The highest BCUT2D eigenvalue weighted by Crippen LogP contribution is 2.29. The van der Waals surface area contributed by atoms with Crippen molar-refractivity contribution in [2.45, 2.75) is 13.8 Å². The van der Waals surface area contributed by atoms with E-state index < -0.39 is 5.91 Å². The summed E-state index contributed by atoms with van der Waals surface area (Å²) in [6.07, 6.45) is 1.40. The van der Waals surface area contributed by atoms with E-state index in [9.17, 15) is 10.1 Å². The zero-order chi connectivity index (χ0) is 19.1. The summed E-state index contributed by atoms with van der Waals surface area (Å²) in [4.78, 5) is 12.4. The number of nitrogens with zero attached hydrogens (tertiary/aromatic N) is 1. The molecule has 1 amide bonds. The van der Waals surface area contributed by atoms with Gasteiger partial charge in [0, 0.05) is 23.6 Å². The van der Waals surface area contributed by atoms with Crippen LogP contribution < -0.4 is 20.1 Å². The third-order valence-electron chi connectivity index (χ3n) is 3.98. The Bertz CT molecular complexity index is 882. The summed E-state index contributed by atoms with van der Waals surface area (Å²) in [5.41, 5.74) is 3.48. The van der Waals surface area contributed by atoms with Crippen LogP contribution in [0.2, 0.25) is 0 Å². The Labute approximate surface area is 153 Å². The highest BCUT2D eigenvalue weighted by atomic mass is 16.5. The second-order valence-corrected chi connectivity index (χ2v) is 5.59. The zero-order valence-electron chi connectivity index (χ0n) is 15.2. The molecule has 2 aromatic carbocycles. The van der Waals surface area contributed by atoms with Gasteiger partial charge in [-0.15, -0.1) is 0 Å². The van der Waals surface area contributed by atoms with Crippen LogP contribution in [0.15, 0.2) is 48.2 Å². The molecule has 134 valence electrons. The van der Waals surface area contributed by atoms with Crippen molar-refractivity contribution >= 4 is 17.3 Å². The van der Waals surface area contributed by atoms with Gasteiger partial charge in [0.05, 0.1) is 14.2 Å². The normalized spacial score (nSPS) is 10.7. The highest BCUT2D eigenvalue weighted by Gasteiger charge is 2.12. The van der Waals surface area contributed by atoms with Crippen LogP contribution in [0.3, 0.4) is 0 Å². The first-order valence-corrected chi connectivity index (χ1v) is 7.96. The van der Waals surface area contributed by atoms with Gasteiger partial charge in [0.15, 0.2) is 11.5 Å². The molecular formula is C20H21N3O3. The number of aryl methyl sites for hydroxylation is 1. The van der Waals surface area contributed by atoms with Gasteiger partial charge in [-0.05, 0) is 43.2 Å². The lowest BCUT2D eigenvalue weighted by Gasteiger charge is -2.11. The molecule has 6 heteroatoms. The van der Waals surface area contributed by atoms with Crippen molar-refractivity contribution in [3.63, 3.8) is 0 Å². The molecule has 0 saturated carbocycles. The number of methoxy groups -OCH3 is 2. The van der Waals surface area contributed by atoms with Crippen LogP contribution >= 0.6 is 0 Å². The summed E-state index contributed by atoms with van der Waals surface area (Å²) in [5, 5.41) is 15.0. The Morgan fingerprint density at radius 3 is 2.50 bits per heavy atom. The van der Waals surface area contributed by atoms with Crippen molar-refractivity contribution < 1.29 is 14.3 Å². The third-order valence-corrected chi connectivity index (χ3v) is 3.98. The molecule has 2 N–H and O–H groups in total. The monoisotopic (exact) mass is 351 g/mol. The Kier molecular flexibility index (Phi) is 6.23. The van der Waals surface area contributed by atoms with E-state index in [0.717, 1.165) is 16.8 Å². The Hall–Kier alpha value is -3.46. The van der Waals surface area contributed by atoms with Gasteiger partial charge in [-0.25, -0.2) is 0 Å². The minimum Gasteiger partial charge on any atom is -0.493 e. The Balaban J connectivity index is 2.16. The first kappa shape index (κ1) is 18.9. The second kappa shape index (κ2) is 8.58. The van der Waals surface area contributed by atoms with Crippen LogP contribution in [0.5, 0.6) is 11.5 Å². The molecule has 0 saturated heterocycles. The van der Waals surface area contributed by atoms with Gasteiger partial charge in [-0.1, -0.05) is 12.1 Å². The molecule has 0 atom stereocenters. The topological polar surface area (TPSA) is 83.4 Å². The van der Waals surface area contributed by atoms with E-state index in [4.69, 9.17) is 9.47 Å². The predicted octanol–water partition coefficient (Wildman–Crippen LogP) is 3.78. The Morgan fingerprint density at radius 1 is 1.12 bits per heavy atom. The van der Waals surface area contributed by atoms with Crippen molar-refractivity contribution in [2.75, 3.05) is 24.9 Å². The molecule has 0 spiro atoms. The minimum atomic E-state index is -0.516. The largest absolute Gasteiger partial charge is 0.493 e. The zero-order valence-corrected chi connectivity index (χ0v) is 15.2. The van der Waals surface area contributed by atoms with Crippen LogP contribution in [0.25, 0.3) is 0 Å². The molecule has 0 aromatic heterocycles. The summed E-state index contributed by atoms with van der Waals surface area (Å²) in [5.74, 6) is 0.525. The summed E-state index contributed by atoms with van der Waals surface area (Å²) >= 11 is 0. The second-order valence-electron chi connectivity index (χ2n) is 5.59. The van der Waals surface area contributed by atoms with Gasteiger partial charge >= 0.3 is 0 Å². The number of nitrogens with one attached hydrogen (secondary N) is 2. The molecular weight excluding hydrogens is 330 g/mol. The van der Waals surface area contributed by atoms with E-state index in [1.165, 1.54) is 20.4 Å². The summed E-state index contributed by atoms with van der Waals surface area (Å²) in [7, 11) is 3.05. The van der Waals surface area contributed by atoms with E-state index in [0.29, 0.717) is 17.2 Å². The molecule has 0 aliphatic carbocycles. The molecule has 0 bridgehead atoms. The van der Waals surface area contributed by atoms with Crippen LogP contribution in [-0.2, 0) is 4.79 Å². The van der Waals surface area contributed by atoms with Gasteiger partial charge in [0.2, 0.25) is 0 Å². The fourth-order valence-corrected chi connectivity index (χ4v) is 2.32. The number of amides is 1. The van der Waals surface area contributed by atoms with Crippen LogP contribution in [0.1, 0.15) is 11.1 Å². The average molecular weight is 351 g/mol. The predicted molar refractivity (Wildman–Crippen MR) is 101 cm³/mol. The van der Waals surface area contributed by atoms with E-state index in [-0.39, 0.29) is 5.57 Å². The molecule has 0 aliphatic heterocycles. The van der Waals surface area contributed by atoms with Gasteiger partial charge in [0.25, 0.3) is 5.91 Å². The molecule has 0 heterocycles. The maximum Gasteiger partial charge on any atom is 0.267 e. The first-order valence-electron chi connectivity index (χ1n) is 7.96. The molecule has 2 rings (SSSR count). The lowest BCUT2D eigenvalue weighted by Crippen LogP contribution is -2.14. The molecule has 0 radical (unpaired) electrons. The number of hydrogen-bond donors (Lipinski definition) is 2. The quantitative estimate of drug-likeness (QED) is 0.611. The third kappa shape index (κ3) is 4.33. The van der Waals surface area contributed by atoms with Crippen LogP contribution in [0, 0.1) is 25.2 Å². The number of carbonyl (C=O) groups excluding carboxylic acids is 1. The van der Waals surface area contributed by atoms with Crippen molar-refractivity contribution in [1.82, 2.24) is 0 Å². The van der Waals surface area contributed by atoms with Crippen molar-refractivity contribution in [3.05, 3.63) is 59.3 Å². The van der Waals surface area contributed by atoms with Gasteiger partial charge in [-0.2, -0.15) is 5.26 Å². The number of ether oxygens (including phenoxy) is 2. The van der Waals surface area contributed by atoms with Crippen molar-refractivity contribution in [1.29, 1.82) is 5.26 Å². The van der Waals surface area contributed by atoms with E-state index in [2.05, 4.69) is 10.6 Å². The number of anilines is 2. The van der Waals surface area contributed by atoms with Gasteiger partial charge in [0.1, 0.15) is 11.6 Å². The summed E-state index contributed by atoms with van der Waals surface area (Å²) < 4.78 is 10.4. The van der Waals surface area contributed by atoms with Gasteiger partial charge in [-0.3, -0.25) is 4.79 Å². The van der Waals surface area contributed by atoms with Crippen LogP contribution in [0.4, 0.5) is 11.4 Å². The molecule has 0 fully saturated rings. The SMILES string of the molecule is COc1ccc(NC(=O)/C(C#N)=C\Nc2cccc(C)c2C)cc1OC. The number of carbonyl (C=O) groups is 1. The molecule has 2 aromatic rings. The lowest BCUT2D eigenvalue weighted by atomic mass is 10.1. The molecule has 0 aliphatic rings. The first-order chi connectivity index (χ1) is 12.5. The van der Waals surface area contributed by atoms with Crippen molar-refractivity contribution in [2.24, 2.45) is 0 Å². The molecule has 6 nitrogen and oxygen atoms in total. The standard InChI is InChI=1S/C20H21N3O3/c1-13-6-5-7-17(14(13)2)22-12-15(11-21)20(24)23-16-8-9-18(25-3)19(10-16)26-4/h5-10,12,22H,1-4H3,(H,23,24)/b15-12-. The van der Waals surface area contributed by atoms with Crippen LogP contribution in [-0.4, -0.2) is 20.1 Å². The highest BCUT2D eigenvalue weighted by molar-refractivity contribution is 6.06.